The third-order valence-electron chi connectivity index (χ3n) is 3.42. The lowest BCUT2D eigenvalue weighted by molar-refractivity contribution is 0.409. The maximum absolute atomic E-state index is 5.40. The van der Waals surface area contributed by atoms with E-state index in [-0.39, 0.29) is 0 Å². The predicted octanol–water partition coefficient (Wildman–Crippen LogP) is 2.90. The zero-order valence-corrected chi connectivity index (χ0v) is 13.8. The van der Waals surface area contributed by atoms with Gasteiger partial charge in [0, 0.05) is 20.1 Å². The highest BCUT2D eigenvalue weighted by Gasteiger charge is 2.04. The number of ether oxygens (including phenoxy) is 1. The monoisotopic (exact) mass is 291 g/mol. The number of unbranched alkanes of at least 4 members (excludes halogenated alkanes) is 2. The van der Waals surface area contributed by atoms with Gasteiger partial charge in [0.25, 0.3) is 0 Å². The summed E-state index contributed by atoms with van der Waals surface area (Å²) in [5.41, 5.74) is 2.49. The molecule has 118 valence electrons. The molecular formula is C17H29N3O. The highest BCUT2D eigenvalue weighted by atomic mass is 16.5. The number of methoxy groups -OCH3 is 1. The number of guanidine groups is 1. The Morgan fingerprint density at radius 2 is 1.95 bits per heavy atom. The Morgan fingerprint density at radius 3 is 2.62 bits per heavy atom. The van der Waals surface area contributed by atoms with Crippen LogP contribution in [-0.2, 0) is 6.42 Å². The number of rotatable bonds is 8. The van der Waals surface area contributed by atoms with Crippen LogP contribution in [0.5, 0.6) is 5.75 Å². The van der Waals surface area contributed by atoms with E-state index in [2.05, 4.69) is 41.6 Å². The van der Waals surface area contributed by atoms with E-state index in [1.807, 2.05) is 13.1 Å². The Morgan fingerprint density at radius 1 is 1.19 bits per heavy atom. The molecule has 0 aliphatic rings. The van der Waals surface area contributed by atoms with Crippen LogP contribution in [0.2, 0.25) is 0 Å². The average Bonchev–Trinajstić information content (AvgIpc) is 2.50. The number of hydrogen-bond acceptors (Lipinski definition) is 2. The molecule has 0 unspecified atom stereocenters. The van der Waals surface area contributed by atoms with E-state index >= 15 is 0 Å². The van der Waals surface area contributed by atoms with Gasteiger partial charge in [0.2, 0.25) is 0 Å². The summed E-state index contributed by atoms with van der Waals surface area (Å²) in [7, 11) is 3.53. The second-order valence-electron chi connectivity index (χ2n) is 5.20. The van der Waals surface area contributed by atoms with Crippen molar-refractivity contribution < 1.29 is 4.74 Å². The molecule has 0 heterocycles. The molecule has 0 radical (unpaired) electrons. The van der Waals surface area contributed by atoms with E-state index < -0.39 is 0 Å². The SMILES string of the molecule is CCCCCNC(=NC)NCCc1cc(C)ccc1OC. The fourth-order valence-corrected chi connectivity index (χ4v) is 2.22. The Bertz CT molecular complexity index is 444. The van der Waals surface area contributed by atoms with Gasteiger partial charge in [0.15, 0.2) is 5.96 Å². The van der Waals surface area contributed by atoms with Gasteiger partial charge < -0.3 is 15.4 Å². The summed E-state index contributed by atoms with van der Waals surface area (Å²) in [6.45, 7) is 6.13. The van der Waals surface area contributed by atoms with Crippen LogP contribution in [0.15, 0.2) is 23.2 Å². The average molecular weight is 291 g/mol. The maximum Gasteiger partial charge on any atom is 0.190 e. The summed E-state index contributed by atoms with van der Waals surface area (Å²) in [5, 5.41) is 6.69. The Hall–Kier alpha value is -1.71. The minimum absolute atomic E-state index is 0.841. The van der Waals surface area contributed by atoms with Crippen LogP contribution in [-0.4, -0.2) is 33.2 Å². The van der Waals surface area contributed by atoms with E-state index in [1.165, 1.54) is 30.4 Å². The van der Waals surface area contributed by atoms with Crippen LogP contribution in [0.25, 0.3) is 0 Å². The van der Waals surface area contributed by atoms with Crippen molar-refractivity contribution in [2.45, 2.75) is 39.5 Å². The van der Waals surface area contributed by atoms with Gasteiger partial charge in [-0.15, -0.1) is 0 Å². The topological polar surface area (TPSA) is 45.7 Å². The molecule has 2 N–H and O–H groups in total. The van der Waals surface area contributed by atoms with Gasteiger partial charge in [0.1, 0.15) is 5.75 Å². The van der Waals surface area contributed by atoms with Gasteiger partial charge in [-0.2, -0.15) is 0 Å². The molecule has 0 aliphatic carbocycles. The molecule has 4 nitrogen and oxygen atoms in total. The van der Waals surface area contributed by atoms with Crippen molar-refractivity contribution in [1.29, 1.82) is 0 Å². The quantitative estimate of drug-likeness (QED) is 0.440. The van der Waals surface area contributed by atoms with Crippen molar-refractivity contribution in [3.8, 4) is 5.75 Å². The van der Waals surface area contributed by atoms with Crippen LogP contribution in [0.3, 0.4) is 0 Å². The fourth-order valence-electron chi connectivity index (χ4n) is 2.22. The van der Waals surface area contributed by atoms with E-state index in [9.17, 15) is 0 Å². The number of aliphatic imine (C=N–C) groups is 1. The zero-order chi connectivity index (χ0) is 15.5. The Labute approximate surface area is 129 Å². The van der Waals surface area contributed by atoms with Gasteiger partial charge in [-0.1, -0.05) is 37.5 Å². The summed E-state index contributed by atoms with van der Waals surface area (Å²) >= 11 is 0. The first-order valence-electron chi connectivity index (χ1n) is 7.79. The highest BCUT2D eigenvalue weighted by Crippen LogP contribution is 2.19. The molecule has 0 saturated heterocycles. The predicted molar refractivity (Wildman–Crippen MR) is 90.3 cm³/mol. The first-order chi connectivity index (χ1) is 10.2. The Kier molecular flexibility index (Phi) is 8.32. The zero-order valence-electron chi connectivity index (χ0n) is 13.8. The van der Waals surface area contributed by atoms with Gasteiger partial charge in [-0.25, -0.2) is 0 Å². The van der Waals surface area contributed by atoms with Crippen LogP contribution in [0, 0.1) is 6.92 Å². The summed E-state index contributed by atoms with van der Waals surface area (Å²) in [6.07, 6.45) is 4.59. The molecule has 0 spiro atoms. The van der Waals surface area contributed by atoms with E-state index in [0.29, 0.717) is 0 Å². The molecule has 1 rings (SSSR count). The lowest BCUT2D eigenvalue weighted by atomic mass is 10.1. The first kappa shape index (κ1) is 17.3. The van der Waals surface area contributed by atoms with E-state index in [4.69, 9.17) is 4.74 Å². The smallest absolute Gasteiger partial charge is 0.190 e. The molecular weight excluding hydrogens is 262 g/mol. The summed E-state index contributed by atoms with van der Waals surface area (Å²) in [4.78, 5) is 4.24. The molecule has 1 aromatic rings. The molecule has 0 atom stereocenters. The normalized spacial score (nSPS) is 11.3. The summed E-state index contributed by atoms with van der Waals surface area (Å²) < 4.78 is 5.40. The minimum Gasteiger partial charge on any atom is -0.496 e. The van der Waals surface area contributed by atoms with E-state index in [0.717, 1.165) is 31.2 Å². The second kappa shape index (κ2) is 10.1. The molecule has 0 fully saturated rings. The number of hydrogen-bond donors (Lipinski definition) is 2. The molecule has 1 aromatic carbocycles. The largest absolute Gasteiger partial charge is 0.496 e. The van der Waals surface area contributed by atoms with Gasteiger partial charge in [-0.05, 0) is 31.4 Å². The third kappa shape index (κ3) is 6.52. The molecule has 4 heteroatoms. The number of aryl methyl sites for hydroxylation is 1. The van der Waals surface area contributed by atoms with Gasteiger partial charge in [-0.3, -0.25) is 4.99 Å². The van der Waals surface area contributed by atoms with Crippen molar-refractivity contribution in [2.24, 2.45) is 4.99 Å². The lowest BCUT2D eigenvalue weighted by Gasteiger charge is -2.13. The van der Waals surface area contributed by atoms with Crippen LogP contribution < -0.4 is 15.4 Å². The van der Waals surface area contributed by atoms with Crippen LogP contribution in [0.4, 0.5) is 0 Å². The standard InChI is InChI=1S/C17H29N3O/c1-5-6-7-11-19-17(18-3)20-12-10-15-13-14(2)8-9-16(15)21-4/h8-9,13H,5-7,10-12H2,1-4H3,(H2,18,19,20). The van der Waals surface area contributed by atoms with Gasteiger partial charge in [0.05, 0.1) is 7.11 Å². The highest BCUT2D eigenvalue weighted by molar-refractivity contribution is 5.79. The molecule has 0 bridgehead atoms. The maximum atomic E-state index is 5.40. The molecule has 21 heavy (non-hydrogen) atoms. The molecule has 0 amide bonds. The van der Waals surface area contributed by atoms with Gasteiger partial charge >= 0.3 is 0 Å². The van der Waals surface area contributed by atoms with Crippen molar-refractivity contribution in [3.05, 3.63) is 29.3 Å². The summed E-state index contributed by atoms with van der Waals surface area (Å²) in [6, 6.07) is 6.28. The molecule has 0 saturated carbocycles. The number of nitrogens with zero attached hydrogens (tertiary/aromatic N) is 1. The third-order valence-corrected chi connectivity index (χ3v) is 3.42. The van der Waals surface area contributed by atoms with Crippen molar-refractivity contribution in [3.63, 3.8) is 0 Å². The fraction of sp³-hybridized carbons (Fsp3) is 0.588. The van der Waals surface area contributed by atoms with Crippen molar-refractivity contribution in [2.75, 3.05) is 27.2 Å². The Balaban J connectivity index is 2.39. The minimum atomic E-state index is 0.841. The second-order valence-corrected chi connectivity index (χ2v) is 5.20. The first-order valence-corrected chi connectivity index (χ1v) is 7.79. The number of nitrogens with one attached hydrogen (secondary N) is 2. The molecule has 0 aromatic heterocycles. The van der Waals surface area contributed by atoms with Crippen molar-refractivity contribution in [1.82, 2.24) is 10.6 Å². The summed E-state index contributed by atoms with van der Waals surface area (Å²) in [5.74, 6) is 1.83. The van der Waals surface area contributed by atoms with Crippen LogP contribution >= 0.6 is 0 Å². The molecule has 0 aliphatic heterocycles. The van der Waals surface area contributed by atoms with Crippen LogP contribution in [0.1, 0.15) is 37.3 Å². The van der Waals surface area contributed by atoms with E-state index in [1.54, 1.807) is 7.11 Å². The lowest BCUT2D eigenvalue weighted by Crippen LogP contribution is -2.38. The number of benzene rings is 1. The van der Waals surface area contributed by atoms with Crippen molar-refractivity contribution >= 4 is 5.96 Å².